The minimum atomic E-state index is 0.194. The highest BCUT2D eigenvalue weighted by Gasteiger charge is 2.20. The number of aromatic nitrogens is 1. The van der Waals surface area contributed by atoms with Crippen LogP contribution in [-0.4, -0.2) is 68.1 Å². The highest BCUT2D eigenvalue weighted by molar-refractivity contribution is 5.83. The average Bonchev–Trinajstić information content (AvgIpc) is 3.26. The standard InChI is InChI=1S/C25H32N6O/c1-26-25(27-13-11-20-19-29-23-10-6-5-9-22(20)23)28-14-12-24(32)31-17-15-30(16-18-31)21-7-3-2-4-8-21/h2-10,19,29H,11-18H2,1H3,(H2,26,27,28). The summed E-state index contributed by atoms with van der Waals surface area (Å²) in [5, 5.41) is 7.87. The number of hydrogen-bond donors (Lipinski definition) is 3. The molecule has 1 amide bonds. The molecule has 1 aromatic heterocycles. The smallest absolute Gasteiger partial charge is 0.224 e. The normalized spacial score (nSPS) is 14.6. The van der Waals surface area contributed by atoms with E-state index in [0.29, 0.717) is 13.0 Å². The van der Waals surface area contributed by atoms with E-state index in [-0.39, 0.29) is 5.91 Å². The van der Waals surface area contributed by atoms with Gasteiger partial charge in [0.05, 0.1) is 0 Å². The first-order chi connectivity index (χ1) is 15.7. The van der Waals surface area contributed by atoms with Crippen LogP contribution in [0.25, 0.3) is 10.9 Å². The molecule has 7 heteroatoms. The number of piperazine rings is 1. The number of carbonyl (C=O) groups is 1. The number of hydrogen-bond acceptors (Lipinski definition) is 3. The molecule has 1 saturated heterocycles. The lowest BCUT2D eigenvalue weighted by atomic mass is 10.1. The summed E-state index contributed by atoms with van der Waals surface area (Å²) in [5.74, 6) is 0.922. The molecule has 0 saturated carbocycles. The van der Waals surface area contributed by atoms with E-state index in [0.717, 1.165) is 50.6 Å². The predicted octanol–water partition coefficient (Wildman–Crippen LogP) is 2.61. The van der Waals surface area contributed by atoms with E-state index < -0.39 is 0 Å². The lowest BCUT2D eigenvalue weighted by Crippen LogP contribution is -2.49. The van der Waals surface area contributed by atoms with Crippen molar-refractivity contribution in [2.75, 3.05) is 51.2 Å². The fraction of sp³-hybridized carbons (Fsp3) is 0.360. The molecule has 2 aromatic carbocycles. The Morgan fingerprint density at radius 3 is 2.47 bits per heavy atom. The Balaban J connectivity index is 1.15. The zero-order valence-corrected chi connectivity index (χ0v) is 18.7. The van der Waals surface area contributed by atoms with Crippen LogP contribution in [0.2, 0.25) is 0 Å². The zero-order chi connectivity index (χ0) is 22.2. The molecule has 7 nitrogen and oxygen atoms in total. The molecule has 0 unspecified atom stereocenters. The minimum Gasteiger partial charge on any atom is -0.368 e. The third-order valence-corrected chi connectivity index (χ3v) is 5.97. The first kappa shape index (κ1) is 21.7. The number of H-pyrrole nitrogens is 1. The highest BCUT2D eigenvalue weighted by Crippen LogP contribution is 2.18. The van der Waals surface area contributed by atoms with Crippen molar-refractivity contribution >= 4 is 28.5 Å². The summed E-state index contributed by atoms with van der Waals surface area (Å²) in [6.07, 6.45) is 3.43. The molecule has 0 atom stereocenters. The lowest BCUT2D eigenvalue weighted by Gasteiger charge is -2.36. The molecule has 0 radical (unpaired) electrons. The second kappa shape index (κ2) is 10.7. The van der Waals surface area contributed by atoms with Crippen LogP contribution in [0.5, 0.6) is 0 Å². The topological polar surface area (TPSA) is 75.8 Å². The molecule has 1 fully saturated rings. The maximum absolute atomic E-state index is 12.6. The van der Waals surface area contributed by atoms with Gasteiger partial charge < -0.3 is 25.4 Å². The second-order valence-electron chi connectivity index (χ2n) is 7.99. The van der Waals surface area contributed by atoms with Crippen LogP contribution in [-0.2, 0) is 11.2 Å². The zero-order valence-electron chi connectivity index (χ0n) is 18.7. The molecule has 2 heterocycles. The van der Waals surface area contributed by atoms with Crippen LogP contribution < -0.4 is 15.5 Å². The average molecular weight is 433 g/mol. The maximum Gasteiger partial charge on any atom is 0.224 e. The van der Waals surface area contributed by atoms with Crippen molar-refractivity contribution in [3.63, 3.8) is 0 Å². The van der Waals surface area contributed by atoms with Crippen LogP contribution in [0.3, 0.4) is 0 Å². The molecule has 4 rings (SSSR count). The number of benzene rings is 2. The van der Waals surface area contributed by atoms with Crippen molar-refractivity contribution in [1.29, 1.82) is 0 Å². The van der Waals surface area contributed by atoms with Crippen LogP contribution in [0.4, 0.5) is 5.69 Å². The van der Waals surface area contributed by atoms with Gasteiger partial charge in [0.15, 0.2) is 5.96 Å². The summed E-state index contributed by atoms with van der Waals surface area (Å²) in [5.41, 5.74) is 3.67. The Hall–Kier alpha value is -3.48. The number of amides is 1. The summed E-state index contributed by atoms with van der Waals surface area (Å²) in [7, 11) is 1.76. The molecule has 3 N–H and O–H groups in total. The van der Waals surface area contributed by atoms with Gasteiger partial charge in [0.25, 0.3) is 0 Å². The van der Waals surface area contributed by atoms with Crippen molar-refractivity contribution in [1.82, 2.24) is 20.5 Å². The lowest BCUT2D eigenvalue weighted by molar-refractivity contribution is -0.131. The molecule has 1 aliphatic rings. The molecular weight excluding hydrogens is 400 g/mol. The Kier molecular flexibility index (Phi) is 7.27. The molecule has 1 aliphatic heterocycles. The quantitative estimate of drug-likeness (QED) is 0.396. The Morgan fingerprint density at radius 1 is 0.969 bits per heavy atom. The summed E-state index contributed by atoms with van der Waals surface area (Å²) in [6, 6.07) is 18.7. The summed E-state index contributed by atoms with van der Waals surface area (Å²) in [4.78, 5) is 24.5. The number of nitrogens with zero attached hydrogens (tertiary/aromatic N) is 3. The monoisotopic (exact) mass is 432 g/mol. The number of guanidine groups is 1. The number of aliphatic imine (C=N–C) groups is 1. The van der Waals surface area contributed by atoms with Gasteiger partial charge in [-0.2, -0.15) is 0 Å². The van der Waals surface area contributed by atoms with Crippen molar-refractivity contribution in [2.24, 2.45) is 4.99 Å². The number of anilines is 1. The van der Waals surface area contributed by atoms with Crippen molar-refractivity contribution < 1.29 is 4.79 Å². The van der Waals surface area contributed by atoms with Gasteiger partial charge in [-0.3, -0.25) is 9.79 Å². The van der Waals surface area contributed by atoms with E-state index in [4.69, 9.17) is 0 Å². The fourth-order valence-electron chi connectivity index (χ4n) is 4.17. The molecular formula is C25H32N6O. The van der Waals surface area contributed by atoms with Crippen molar-refractivity contribution in [3.8, 4) is 0 Å². The third kappa shape index (κ3) is 5.41. The first-order valence-corrected chi connectivity index (χ1v) is 11.3. The van der Waals surface area contributed by atoms with Gasteiger partial charge in [-0.05, 0) is 30.2 Å². The largest absolute Gasteiger partial charge is 0.368 e. The Labute approximate surface area is 189 Å². The summed E-state index contributed by atoms with van der Waals surface area (Å²) >= 11 is 0. The number of aromatic amines is 1. The second-order valence-corrected chi connectivity index (χ2v) is 7.99. The number of para-hydroxylation sites is 2. The van der Waals surface area contributed by atoms with E-state index in [9.17, 15) is 4.79 Å². The number of nitrogens with one attached hydrogen (secondary N) is 3. The Bertz CT molecular complexity index is 1040. The van der Waals surface area contributed by atoms with E-state index in [2.05, 4.69) is 74.2 Å². The molecule has 32 heavy (non-hydrogen) atoms. The van der Waals surface area contributed by atoms with Crippen molar-refractivity contribution in [2.45, 2.75) is 12.8 Å². The number of rotatable bonds is 7. The predicted molar refractivity (Wildman–Crippen MR) is 131 cm³/mol. The molecule has 168 valence electrons. The maximum atomic E-state index is 12.6. The summed E-state index contributed by atoms with van der Waals surface area (Å²) < 4.78 is 0. The fourth-order valence-corrected chi connectivity index (χ4v) is 4.17. The van der Waals surface area contributed by atoms with Gasteiger partial charge in [0.1, 0.15) is 0 Å². The minimum absolute atomic E-state index is 0.194. The molecule has 3 aromatic rings. The van der Waals surface area contributed by atoms with Gasteiger partial charge in [0, 0.05) is 75.5 Å². The molecule has 0 bridgehead atoms. The van der Waals surface area contributed by atoms with E-state index in [1.54, 1.807) is 7.05 Å². The van der Waals surface area contributed by atoms with Crippen molar-refractivity contribution in [3.05, 3.63) is 66.4 Å². The number of fused-ring (bicyclic) bond motifs is 1. The first-order valence-electron chi connectivity index (χ1n) is 11.3. The number of carbonyl (C=O) groups excluding carboxylic acids is 1. The van der Waals surface area contributed by atoms with Gasteiger partial charge in [-0.1, -0.05) is 36.4 Å². The van der Waals surface area contributed by atoms with Crippen LogP contribution in [0, 0.1) is 0 Å². The highest BCUT2D eigenvalue weighted by atomic mass is 16.2. The van der Waals surface area contributed by atoms with Crippen LogP contribution >= 0.6 is 0 Å². The van der Waals surface area contributed by atoms with E-state index >= 15 is 0 Å². The van der Waals surface area contributed by atoms with Gasteiger partial charge in [-0.25, -0.2) is 0 Å². The van der Waals surface area contributed by atoms with E-state index in [1.165, 1.54) is 16.6 Å². The third-order valence-electron chi connectivity index (χ3n) is 5.97. The van der Waals surface area contributed by atoms with Crippen LogP contribution in [0.15, 0.2) is 65.8 Å². The van der Waals surface area contributed by atoms with Gasteiger partial charge >= 0.3 is 0 Å². The Morgan fingerprint density at radius 2 is 1.69 bits per heavy atom. The van der Waals surface area contributed by atoms with Gasteiger partial charge in [-0.15, -0.1) is 0 Å². The van der Waals surface area contributed by atoms with E-state index in [1.807, 2.05) is 17.0 Å². The molecule has 0 spiro atoms. The van der Waals surface area contributed by atoms with Gasteiger partial charge in [0.2, 0.25) is 5.91 Å². The van der Waals surface area contributed by atoms with Crippen LogP contribution in [0.1, 0.15) is 12.0 Å². The summed E-state index contributed by atoms with van der Waals surface area (Å²) in [6.45, 7) is 4.64. The molecule has 0 aliphatic carbocycles. The SMILES string of the molecule is CN=C(NCCC(=O)N1CCN(c2ccccc2)CC1)NCCc1c[nH]c2ccccc12.